The maximum absolute atomic E-state index is 12.5. The molecule has 98 valence electrons. The first-order valence-corrected chi connectivity index (χ1v) is 7.18. The second kappa shape index (κ2) is 4.20. The van der Waals surface area contributed by atoms with Crippen LogP contribution in [0.25, 0.3) is 0 Å². The van der Waals surface area contributed by atoms with Crippen molar-refractivity contribution in [1.29, 1.82) is 0 Å². The van der Waals surface area contributed by atoms with Crippen LogP contribution in [-0.4, -0.2) is 30.7 Å². The van der Waals surface area contributed by atoms with E-state index in [0.717, 1.165) is 0 Å². The summed E-state index contributed by atoms with van der Waals surface area (Å²) in [7, 11) is -3.69. The predicted molar refractivity (Wildman–Crippen MR) is 68.5 cm³/mol. The van der Waals surface area contributed by atoms with E-state index in [1.54, 1.807) is 24.3 Å². The smallest absolute Gasteiger partial charge is 0.281 e. The largest absolute Gasteiger partial charge is 0.334 e. The number of benzene rings is 1. The minimum atomic E-state index is -3.69. The minimum absolute atomic E-state index is 0.0247. The van der Waals surface area contributed by atoms with Gasteiger partial charge in [0.1, 0.15) is 0 Å². The van der Waals surface area contributed by atoms with Crippen molar-refractivity contribution in [2.75, 3.05) is 10.8 Å². The van der Waals surface area contributed by atoms with Crippen molar-refractivity contribution in [2.24, 2.45) is 0 Å². The monoisotopic (exact) mass is 277 g/mol. The first kappa shape index (κ1) is 11.9. The third-order valence-corrected chi connectivity index (χ3v) is 4.79. The van der Waals surface area contributed by atoms with E-state index in [9.17, 15) is 13.2 Å². The van der Waals surface area contributed by atoms with Crippen LogP contribution in [0.4, 0.5) is 5.69 Å². The van der Waals surface area contributed by atoms with Crippen LogP contribution < -0.4 is 4.31 Å². The van der Waals surface area contributed by atoms with Crippen molar-refractivity contribution in [1.82, 2.24) is 9.97 Å². The average molecular weight is 277 g/mol. The van der Waals surface area contributed by atoms with Crippen LogP contribution in [0.5, 0.6) is 0 Å². The second-order valence-electron chi connectivity index (χ2n) is 4.18. The van der Waals surface area contributed by atoms with Crippen molar-refractivity contribution in [2.45, 2.75) is 11.4 Å². The van der Waals surface area contributed by atoms with Crippen LogP contribution in [0.15, 0.2) is 41.8 Å². The van der Waals surface area contributed by atoms with Crippen LogP contribution in [0.2, 0.25) is 0 Å². The molecule has 1 aliphatic rings. The maximum atomic E-state index is 12.5. The Morgan fingerprint density at radius 3 is 2.79 bits per heavy atom. The molecule has 0 saturated heterocycles. The fourth-order valence-corrected chi connectivity index (χ4v) is 3.52. The Hall–Kier alpha value is -2.15. The quantitative estimate of drug-likeness (QED) is 0.893. The van der Waals surface area contributed by atoms with Crippen molar-refractivity contribution in [3.63, 3.8) is 0 Å². The number of imidazole rings is 1. The number of nitrogens with one attached hydrogen (secondary N) is 1. The van der Waals surface area contributed by atoms with Gasteiger partial charge in [0.15, 0.2) is 10.8 Å². The van der Waals surface area contributed by atoms with E-state index >= 15 is 0 Å². The van der Waals surface area contributed by atoms with Crippen LogP contribution in [0.1, 0.15) is 16.8 Å². The summed E-state index contributed by atoms with van der Waals surface area (Å²) in [5.41, 5.74) is 0.866. The molecular formula is C12H11N3O3S. The zero-order valence-electron chi connectivity index (χ0n) is 9.91. The summed E-state index contributed by atoms with van der Waals surface area (Å²) in [5, 5.41) is 0.0247. The molecule has 19 heavy (non-hydrogen) atoms. The average Bonchev–Trinajstić information content (AvgIpc) is 2.94. The van der Waals surface area contributed by atoms with Gasteiger partial charge in [0.2, 0.25) is 0 Å². The predicted octanol–water partition coefficient (Wildman–Crippen LogP) is 1.19. The number of carbonyl (C=O) groups excluding carboxylic acids is 1. The number of ketones is 1. The van der Waals surface area contributed by atoms with E-state index < -0.39 is 10.0 Å². The summed E-state index contributed by atoms with van der Waals surface area (Å²) in [6.45, 7) is 0.150. The van der Waals surface area contributed by atoms with Gasteiger partial charge >= 0.3 is 0 Å². The van der Waals surface area contributed by atoms with E-state index in [2.05, 4.69) is 9.97 Å². The van der Waals surface area contributed by atoms with Gasteiger partial charge in [-0.3, -0.25) is 9.10 Å². The number of Topliss-reactive ketones (excluding diaryl/α,β-unsaturated/α-hetero) is 1. The van der Waals surface area contributed by atoms with Gasteiger partial charge in [0.05, 0.1) is 18.2 Å². The summed E-state index contributed by atoms with van der Waals surface area (Å²) in [5.74, 6) is -0.0355. The summed E-state index contributed by atoms with van der Waals surface area (Å²) in [4.78, 5) is 18.1. The van der Waals surface area contributed by atoms with Crippen LogP contribution in [0, 0.1) is 0 Å². The molecule has 1 aromatic carbocycles. The Balaban J connectivity index is 2.14. The zero-order chi connectivity index (χ0) is 13.5. The Kier molecular flexibility index (Phi) is 2.63. The molecule has 1 aliphatic heterocycles. The minimum Gasteiger partial charge on any atom is -0.334 e. The number of aromatic nitrogens is 2. The normalized spacial score (nSPS) is 15.4. The Morgan fingerprint density at radius 2 is 2.05 bits per heavy atom. The molecule has 0 unspecified atom stereocenters. The molecule has 0 atom stereocenters. The summed E-state index contributed by atoms with van der Waals surface area (Å²) < 4.78 is 26.2. The molecule has 0 saturated carbocycles. The van der Waals surface area contributed by atoms with E-state index in [4.69, 9.17) is 0 Å². The lowest BCUT2D eigenvalue weighted by atomic mass is 10.0. The number of carbonyl (C=O) groups is 1. The molecule has 2 heterocycles. The Bertz CT molecular complexity index is 722. The molecular weight excluding hydrogens is 266 g/mol. The Morgan fingerprint density at radius 1 is 1.26 bits per heavy atom. The highest BCUT2D eigenvalue weighted by Gasteiger charge is 2.32. The van der Waals surface area contributed by atoms with Gasteiger partial charge in [-0.1, -0.05) is 12.1 Å². The number of hydrogen-bond acceptors (Lipinski definition) is 4. The summed E-state index contributed by atoms with van der Waals surface area (Å²) in [6, 6.07) is 6.72. The van der Waals surface area contributed by atoms with E-state index in [0.29, 0.717) is 11.3 Å². The first-order chi connectivity index (χ1) is 9.10. The molecule has 0 bridgehead atoms. The highest BCUT2D eigenvalue weighted by atomic mass is 32.2. The van der Waals surface area contributed by atoms with Gasteiger partial charge in [-0.2, -0.15) is 8.42 Å². The lowest BCUT2D eigenvalue weighted by Gasteiger charge is -2.28. The van der Waals surface area contributed by atoms with E-state index in [1.165, 1.54) is 16.8 Å². The fourth-order valence-electron chi connectivity index (χ4n) is 2.14. The molecule has 1 N–H and O–H groups in total. The summed E-state index contributed by atoms with van der Waals surface area (Å²) >= 11 is 0. The third-order valence-electron chi connectivity index (χ3n) is 3.06. The number of anilines is 1. The number of hydrogen-bond donors (Lipinski definition) is 1. The molecule has 0 spiro atoms. The third kappa shape index (κ3) is 1.82. The van der Waals surface area contributed by atoms with Crippen LogP contribution >= 0.6 is 0 Å². The van der Waals surface area contributed by atoms with Crippen molar-refractivity contribution in [3.05, 3.63) is 42.4 Å². The topological polar surface area (TPSA) is 83.1 Å². The molecule has 1 aromatic heterocycles. The van der Waals surface area contributed by atoms with Crippen molar-refractivity contribution < 1.29 is 13.2 Å². The highest BCUT2D eigenvalue weighted by molar-refractivity contribution is 7.92. The van der Waals surface area contributed by atoms with Gasteiger partial charge in [-0.05, 0) is 12.1 Å². The molecule has 3 rings (SSSR count). The molecule has 0 aliphatic carbocycles. The number of H-pyrrole nitrogens is 1. The molecule has 7 heteroatoms. The molecule has 0 fully saturated rings. The van der Waals surface area contributed by atoms with Gasteiger partial charge in [-0.25, -0.2) is 4.98 Å². The van der Waals surface area contributed by atoms with Gasteiger partial charge in [0.25, 0.3) is 10.0 Å². The van der Waals surface area contributed by atoms with Gasteiger partial charge in [0, 0.05) is 18.5 Å². The molecule has 6 nitrogen and oxygen atoms in total. The SMILES string of the molecule is O=C1CCN(S(=O)(=O)c2cnc[nH]2)c2ccccc21. The number of rotatable bonds is 2. The number of sulfonamides is 1. The molecule has 0 radical (unpaired) electrons. The lowest BCUT2D eigenvalue weighted by Crippen LogP contribution is -2.37. The molecule has 0 amide bonds. The maximum Gasteiger partial charge on any atom is 0.281 e. The summed E-state index contributed by atoms with van der Waals surface area (Å²) in [6.07, 6.45) is 2.76. The van der Waals surface area contributed by atoms with E-state index in [-0.39, 0.29) is 23.8 Å². The van der Waals surface area contributed by atoms with Crippen LogP contribution in [0.3, 0.4) is 0 Å². The van der Waals surface area contributed by atoms with Gasteiger partial charge < -0.3 is 4.98 Å². The van der Waals surface area contributed by atoms with Crippen molar-refractivity contribution in [3.8, 4) is 0 Å². The lowest BCUT2D eigenvalue weighted by molar-refractivity contribution is 0.0982. The Labute approximate surface area is 110 Å². The zero-order valence-corrected chi connectivity index (χ0v) is 10.7. The number of nitrogens with zero attached hydrogens (tertiary/aromatic N) is 2. The molecule has 2 aromatic rings. The van der Waals surface area contributed by atoms with Crippen LogP contribution in [-0.2, 0) is 10.0 Å². The number of aromatic amines is 1. The van der Waals surface area contributed by atoms with Gasteiger partial charge in [-0.15, -0.1) is 0 Å². The number of para-hydroxylation sites is 1. The highest BCUT2D eigenvalue weighted by Crippen LogP contribution is 2.30. The van der Waals surface area contributed by atoms with Crippen molar-refractivity contribution >= 4 is 21.5 Å². The fraction of sp³-hybridized carbons (Fsp3) is 0.167. The second-order valence-corrected chi connectivity index (χ2v) is 6.01. The standard InChI is InChI=1S/C12H11N3O3S/c16-11-5-6-15(10-4-2-1-3-9(10)11)19(17,18)12-7-13-8-14-12/h1-4,7-8H,5-6H2,(H,13,14). The first-order valence-electron chi connectivity index (χ1n) is 5.74. The number of fused-ring (bicyclic) bond motifs is 1. The van der Waals surface area contributed by atoms with E-state index in [1.807, 2.05) is 0 Å².